The lowest BCUT2D eigenvalue weighted by Gasteiger charge is -2.44. The lowest BCUT2D eigenvalue weighted by atomic mass is 9.93. The molecular formula is C12H24ClNO3. The summed E-state index contributed by atoms with van der Waals surface area (Å²) in [6.07, 6.45) is 0.213. The summed E-state index contributed by atoms with van der Waals surface area (Å²) in [5, 5.41) is 28.5. The minimum absolute atomic E-state index is 0.151. The molecule has 0 radical (unpaired) electrons. The Labute approximate surface area is 108 Å². The van der Waals surface area contributed by atoms with Crippen LogP contribution in [0.3, 0.4) is 0 Å². The Kier molecular flexibility index (Phi) is 6.17. The fourth-order valence-corrected chi connectivity index (χ4v) is 2.76. The summed E-state index contributed by atoms with van der Waals surface area (Å²) in [6, 6.07) is -0.402. The van der Waals surface area contributed by atoms with Gasteiger partial charge in [0.1, 0.15) is 0 Å². The Hall–Kier alpha value is 0.130. The number of rotatable bonds is 5. The molecule has 0 aromatic heterocycles. The third-order valence-corrected chi connectivity index (χ3v) is 4.22. The zero-order valence-electron chi connectivity index (χ0n) is 10.6. The molecule has 1 heterocycles. The largest absolute Gasteiger partial charge is 0.395 e. The third kappa shape index (κ3) is 3.55. The van der Waals surface area contributed by atoms with Crippen LogP contribution in [-0.4, -0.2) is 63.5 Å². The monoisotopic (exact) mass is 265 g/mol. The number of aliphatic hydroxyl groups excluding tert-OH is 3. The van der Waals surface area contributed by atoms with Crippen molar-refractivity contribution < 1.29 is 15.3 Å². The van der Waals surface area contributed by atoms with Crippen LogP contribution in [-0.2, 0) is 0 Å². The zero-order valence-corrected chi connectivity index (χ0v) is 11.3. The molecule has 1 fully saturated rings. The van der Waals surface area contributed by atoms with Crippen LogP contribution in [0.5, 0.6) is 0 Å². The van der Waals surface area contributed by atoms with Crippen molar-refractivity contribution >= 4 is 11.6 Å². The van der Waals surface area contributed by atoms with Gasteiger partial charge in [0.2, 0.25) is 0 Å². The second-order valence-electron chi connectivity index (χ2n) is 4.88. The van der Waals surface area contributed by atoms with E-state index in [4.69, 9.17) is 11.6 Å². The van der Waals surface area contributed by atoms with Crippen LogP contribution >= 0.6 is 11.6 Å². The van der Waals surface area contributed by atoms with Gasteiger partial charge in [-0.2, -0.15) is 0 Å². The van der Waals surface area contributed by atoms with Gasteiger partial charge in [-0.3, -0.25) is 4.90 Å². The van der Waals surface area contributed by atoms with Gasteiger partial charge in [-0.1, -0.05) is 26.7 Å². The second kappa shape index (κ2) is 6.90. The molecule has 0 aromatic carbocycles. The third-order valence-electron chi connectivity index (χ3n) is 3.83. The number of likely N-dealkylation sites (tertiary alicyclic amines) is 1. The lowest BCUT2D eigenvalue weighted by molar-refractivity contribution is -0.0905. The molecule has 1 rings (SSSR count). The number of nitrogens with zero attached hydrogens (tertiary/aromatic N) is 1. The van der Waals surface area contributed by atoms with E-state index in [2.05, 4.69) is 13.8 Å². The molecule has 0 saturated carbocycles. The van der Waals surface area contributed by atoms with Crippen molar-refractivity contribution in [2.24, 2.45) is 5.92 Å². The molecule has 0 unspecified atom stereocenters. The maximum absolute atomic E-state index is 9.90. The first-order chi connectivity index (χ1) is 8.04. The molecular weight excluding hydrogens is 242 g/mol. The van der Waals surface area contributed by atoms with E-state index in [1.165, 1.54) is 0 Å². The Morgan fingerprint density at radius 1 is 1.24 bits per heavy atom. The summed E-state index contributed by atoms with van der Waals surface area (Å²) in [6.45, 7) is 5.44. The van der Waals surface area contributed by atoms with Gasteiger partial charge in [0.15, 0.2) is 0 Å². The maximum Gasteiger partial charge on any atom is 0.0991 e. The molecule has 4 atom stereocenters. The van der Waals surface area contributed by atoms with Crippen LogP contribution in [0.1, 0.15) is 26.7 Å². The highest BCUT2D eigenvalue weighted by Crippen LogP contribution is 2.24. The van der Waals surface area contributed by atoms with Crippen LogP contribution in [0.15, 0.2) is 0 Å². The Morgan fingerprint density at radius 2 is 1.82 bits per heavy atom. The van der Waals surface area contributed by atoms with Crippen molar-refractivity contribution in [1.82, 2.24) is 4.90 Å². The zero-order chi connectivity index (χ0) is 13.0. The molecule has 0 aromatic rings. The Balaban J connectivity index is 2.68. The minimum Gasteiger partial charge on any atom is -0.395 e. The maximum atomic E-state index is 9.90. The van der Waals surface area contributed by atoms with Gasteiger partial charge in [-0.15, -0.1) is 11.6 Å². The summed E-state index contributed by atoms with van der Waals surface area (Å²) in [5.74, 6) is 0.537. The first-order valence-corrected chi connectivity index (χ1v) is 6.83. The Morgan fingerprint density at radius 3 is 2.29 bits per heavy atom. The highest BCUT2D eigenvalue weighted by atomic mass is 35.5. The van der Waals surface area contributed by atoms with Crippen molar-refractivity contribution in [2.75, 3.05) is 19.7 Å². The van der Waals surface area contributed by atoms with Crippen LogP contribution < -0.4 is 0 Å². The molecule has 0 bridgehead atoms. The summed E-state index contributed by atoms with van der Waals surface area (Å²) in [7, 11) is 0. The van der Waals surface area contributed by atoms with E-state index in [0.29, 0.717) is 12.5 Å². The standard InChI is InChI=1S/C12H24ClNO3/c1-3-8(4-2)5-14-6-9(13)11(16)12(17)10(14)7-15/h8-12,15-17H,3-7H2,1-2H3/t9-,10+,11+,12+/m0/s1. The number of hydrogen-bond acceptors (Lipinski definition) is 4. The molecule has 0 amide bonds. The topological polar surface area (TPSA) is 63.9 Å². The van der Waals surface area contributed by atoms with E-state index >= 15 is 0 Å². The van der Waals surface area contributed by atoms with Crippen molar-refractivity contribution in [1.29, 1.82) is 0 Å². The van der Waals surface area contributed by atoms with E-state index in [1.807, 2.05) is 4.90 Å². The molecule has 1 aliphatic heterocycles. The molecule has 0 spiro atoms. The fourth-order valence-electron chi connectivity index (χ4n) is 2.44. The normalized spacial score (nSPS) is 35.5. The number of alkyl halides is 1. The molecule has 102 valence electrons. The summed E-state index contributed by atoms with van der Waals surface area (Å²) >= 11 is 6.02. The van der Waals surface area contributed by atoms with Crippen molar-refractivity contribution in [3.8, 4) is 0 Å². The fraction of sp³-hybridized carbons (Fsp3) is 1.00. The number of hydrogen-bond donors (Lipinski definition) is 3. The van der Waals surface area contributed by atoms with E-state index in [0.717, 1.165) is 19.4 Å². The van der Waals surface area contributed by atoms with Crippen molar-refractivity contribution in [2.45, 2.75) is 50.3 Å². The van der Waals surface area contributed by atoms with Gasteiger partial charge in [0, 0.05) is 13.1 Å². The second-order valence-corrected chi connectivity index (χ2v) is 5.44. The first kappa shape index (κ1) is 15.2. The molecule has 4 nitrogen and oxygen atoms in total. The van der Waals surface area contributed by atoms with E-state index in [9.17, 15) is 15.3 Å². The van der Waals surface area contributed by atoms with Crippen LogP contribution in [0.2, 0.25) is 0 Å². The number of halogens is 1. The molecule has 5 heteroatoms. The van der Waals surface area contributed by atoms with Gasteiger partial charge in [0.05, 0.1) is 30.2 Å². The van der Waals surface area contributed by atoms with E-state index in [-0.39, 0.29) is 6.61 Å². The van der Waals surface area contributed by atoms with Crippen LogP contribution in [0.25, 0.3) is 0 Å². The quantitative estimate of drug-likeness (QED) is 0.631. The van der Waals surface area contributed by atoms with Crippen LogP contribution in [0.4, 0.5) is 0 Å². The highest BCUT2D eigenvalue weighted by molar-refractivity contribution is 6.21. The first-order valence-electron chi connectivity index (χ1n) is 6.40. The summed E-state index contributed by atoms with van der Waals surface area (Å²) in [5.41, 5.74) is 0. The molecule has 1 saturated heterocycles. The van der Waals surface area contributed by atoms with Gasteiger partial charge < -0.3 is 15.3 Å². The molecule has 17 heavy (non-hydrogen) atoms. The highest BCUT2D eigenvalue weighted by Gasteiger charge is 2.41. The summed E-state index contributed by atoms with van der Waals surface area (Å²) in [4.78, 5) is 2.01. The van der Waals surface area contributed by atoms with Crippen molar-refractivity contribution in [3.63, 3.8) is 0 Å². The van der Waals surface area contributed by atoms with E-state index in [1.54, 1.807) is 0 Å². The van der Waals surface area contributed by atoms with Gasteiger partial charge in [-0.25, -0.2) is 0 Å². The van der Waals surface area contributed by atoms with Gasteiger partial charge in [0.25, 0.3) is 0 Å². The van der Waals surface area contributed by atoms with Gasteiger partial charge in [-0.05, 0) is 5.92 Å². The van der Waals surface area contributed by atoms with Gasteiger partial charge >= 0.3 is 0 Å². The molecule has 1 aliphatic rings. The van der Waals surface area contributed by atoms with Crippen molar-refractivity contribution in [3.05, 3.63) is 0 Å². The SMILES string of the molecule is CCC(CC)CN1C[C@H](Cl)[C@@H](O)[C@H](O)[C@H]1CO. The lowest BCUT2D eigenvalue weighted by Crippen LogP contribution is -2.61. The predicted octanol–water partition coefficient (Wildman–Crippen LogP) is 0.428. The smallest absolute Gasteiger partial charge is 0.0991 e. The molecule has 0 aliphatic carbocycles. The minimum atomic E-state index is -0.967. The predicted molar refractivity (Wildman–Crippen MR) is 68.2 cm³/mol. The molecule has 3 N–H and O–H groups in total. The van der Waals surface area contributed by atoms with Crippen LogP contribution in [0, 0.1) is 5.92 Å². The average molecular weight is 266 g/mol. The number of piperidine rings is 1. The van der Waals surface area contributed by atoms with E-state index < -0.39 is 23.6 Å². The average Bonchev–Trinajstić information content (AvgIpc) is 2.33. The number of aliphatic hydroxyl groups is 3. The summed E-state index contributed by atoms with van der Waals surface area (Å²) < 4.78 is 0. The Bertz CT molecular complexity index is 226.